The highest BCUT2D eigenvalue weighted by Gasteiger charge is 2.68. The van der Waals surface area contributed by atoms with Crippen LogP contribution in [-0.2, 0) is 0 Å². The van der Waals surface area contributed by atoms with Crippen LogP contribution in [0, 0.1) is 23.7 Å². The van der Waals surface area contributed by atoms with Gasteiger partial charge in [0.25, 0.3) is 0 Å². The van der Waals surface area contributed by atoms with Crippen molar-refractivity contribution in [3.8, 4) is 0 Å². The van der Waals surface area contributed by atoms with Gasteiger partial charge in [0, 0.05) is 0 Å². The van der Waals surface area contributed by atoms with Crippen molar-refractivity contribution in [1.29, 1.82) is 0 Å². The fourth-order valence-electron chi connectivity index (χ4n) is 4.80. The van der Waals surface area contributed by atoms with Gasteiger partial charge in [-0.1, -0.05) is 24.3 Å². The maximum Gasteiger partial charge on any atom is -0.00965 e. The lowest BCUT2D eigenvalue weighted by atomic mass is 9.67. The normalized spacial score (nSPS) is 54.6. The zero-order valence-corrected chi connectivity index (χ0v) is 8.19. The highest BCUT2D eigenvalue weighted by molar-refractivity contribution is 5.47. The van der Waals surface area contributed by atoms with E-state index in [1.54, 1.807) is 24.0 Å². The summed E-state index contributed by atoms with van der Waals surface area (Å²) in [5.41, 5.74) is 3.49. The molecule has 2 bridgehead atoms. The first-order chi connectivity index (χ1) is 6.95. The number of hydrogen-bond acceptors (Lipinski definition) is 0. The molecule has 0 radical (unpaired) electrons. The summed E-state index contributed by atoms with van der Waals surface area (Å²) in [6, 6.07) is 9.31. The minimum Gasteiger partial charge on any atom is -0.0620 e. The molecule has 0 spiro atoms. The van der Waals surface area contributed by atoms with Gasteiger partial charge in [-0.15, -0.1) is 0 Å². The predicted octanol–water partition coefficient (Wildman–Crippen LogP) is 3.15. The SMILES string of the molecule is c1ccc2c(c1)C1[C@H]3C[C@H]3C2[C@@H]2C[C@H]12. The van der Waals surface area contributed by atoms with Gasteiger partial charge in [-0.25, -0.2) is 0 Å². The van der Waals surface area contributed by atoms with Crippen LogP contribution in [0.1, 0.15) is 35.8 Å². The minimum absolute atomic E-state index is 0.992. The van der Waals surface area contributed by atoms with E-state index < -0.39 is 0 Å². The Kier molecular flexibility index (Phi) is 0.857. The second-order valence-corrected chi connectivity index (χ2v) is 5.81. The molecule has 0 aliphatic heterocycles. The van der Waals surface area contributed by atoms with Crippen LogP contribution in [0.2, 0.25) is 0 Å². The Balaban J connectivity index is 1.85. The first-order valence-electron chi connectivity index (χ1n) is 6.04. The van der Waals surface area contributed by atoms with Gasteiger partial charge in [-0.2, -0.15) is 0 Å². The van der Waals surface area contributed by atoms with Crippen molar-refractivity contribution >= 4 is 0 Å². The smallest absolute Gasteiger partial charge is 0.00965 e. The Labute approximate surface area is 84.3 Å². The van der Waals surface area contributed by atoms with Crippen molar-refractivity contribution in [2.24, 2.45) is 23.7 Å². The van der Waals surface area contributed by atoms with Crippen molar-refractivity contribution < 1.29 is 0 Å². The number of hydrogen-bond donors (Lipinski definition) is 0. The summed E-state index contributed by atoms with van der Waals surface area (Å²) >= 11 is 0. The number of rotatable bonds is 0. The van der Waals surface area contributed by atoms with Gasteiger partial charge >= 0.3 is 0 Å². The van der Waals surface area contributed by atoms with Gasteiger partial charge in [0.1, 0.15) is 0 Å². The van der Waals surface area contributed by atoms with Crippen molar-refractivity contribution in [2.45, 2.75) is 24.7 Å². The van der Waals surface area contributed by atoms with E-state index in [1.165, 1.54) is 0 Å². The molecule has 0 amide bonds. The summed E-state index contributed by atoms with van der Waals surface area (Å²) in [7, 11) is 0. The Morgan fingerprint density at radius 2 is 1.14 bits per heavy atom. The quantitative estimate of drug-likeness (QED) is 0.578. The fraction of sp³-hybridized carbons (Fsp3) is 0.571. The minimum atomic E-state index is 0.992. The Hall–Kier alpha value is -0.780. The van der Waals surface area contributed by atoms with Crippen LogP contribution in [0.15, 0.2) is 24.3 Å². The van der Waals surface area contributed by atoms with Gasteiger partial charge in [-0.3, -0.25) is 0 Å². The molecule has 0 nitrogen and oxygen atoms in total. The molecule has 70 valence electrons. The third-order valence-electron chi connectivity index (χ3n) is 5.34. The average Bonchev–Trinajstić information content (AvgIpc) is 3.08. The lowest BCUT2D eigenvalue weighted by Gasteiger charge is -2.37. The van der Waals surface area contributed by atoms with Crippen LogP contribution in [0.3, 0.4) is 0 Å². The third kappa shape index (κ3) is 0.549. The molecule has 0 aromatic heterocycles. The topological polar surface area (TPSA) is 0 Å². The van der Waals surface area contributed by atoms with Crippen LogP contribution >= 0.6 is 0 Å². The molecule has 5 aliphatic carbocycles. The second kappa shape index (κ2) is 1.80. The van der Waals surface area contributed by atoms with Gasteiger partial charge in [-0.05, 0) is 59.5 Å². The van der Waals surface area contributed by atoms with Crippen LogP contribution in [-0.4, -0.2) is 0 Å². The molecule has 5 aliphatic rings. The predicted molar refractivity (Wildman–Crippen MR) is 55.1 cm³/mol. The zero-order chi connectivity index (χ0) is 8.86. The van der Waals surface area contributed by atoms with E-state index in [1.807, 2.05) is 0 Å². The fourth-order valence-corrected chi connectivity index (χ4v) is 4.80. The lowest BCUT2D eigenvalue weighted by molar-refractivity contribution is 0.320. The number of benzene rings is 1. The molecule has 14 heavy (non-hydrogen) atoms. The van der Waals surface area contributed by atoms with Crippen LogP contribution < -0.4 is 0 Å². The summed E-state index contributed by atoms with van der Waals surface area (Å²) in [6.45, 7) is 0. The summed E-state index contributed by atoms with van der Waals surface area (Å²) < 4.78 is 0. The van der Waals surface area contributed by atoms with Crippen LogP contribution in [0.25, 0.3) is 0 Å². The van der Waals surface area contributed by atoms with Crippen molar-refractivity contribution in [2.75, 3.05) is 0 Å². The monoisotopic (exact) mass is 182 g/mol. The maximum atomic E-state index is 2.41. The van der Waals surface area contributed by atoms with E-state index in [9.17, 15) is 0 Å². The Bertz CT molecular complexity index is 376. The van der Waals surface area contributed by atoms with Crippen molar-refractivity contribution in [1.82, 2.24) is 0 Å². The molecular formula is C14H14. The van der Waals surface area contributed by atoms with E-state index in [0.29, 0.717) is 0 Å². The maximum absolute atomic E-state index is 2.41. The first-order valence-corrected chi connectivity index (χ1v) is 6.04. The van der Waals surface area contributed by atoms with E-state index in [2.05, 4.69) is 24.3 Å². The van der Waals surface area contributed by atoms with E-state index >= 15 is 0 Å². The summed E-state index contributed by atoms with van der Waals surface area (Å²) in [5.74, 6) is 6.42. The lowest BCUT2D eigenvalue weighted by Crippen LogP contribution is -2.26. The van der Waals surface area contributed by atoms with Gasteiger partial charge in [0.15, 0.2) is 0 Å². The first kappa shape index (κ1) is 6.66. The standard InChI is InChI=1S/C14H14/c1-2-4-8-7(3-1)13-9-5-11(9)14(8)12-6-10(12)13/h1-4,9-14H,5-6H2/t9-,10-,11+,12+,13?,14?. The summed E-state index contributed by atoms with van der Waals surface area (Å²) in [6.07, 6.45) is 3.11. The molecule has 4 atom stereocenters. The molecule has 0 N–H and O–H groups in total. The third-order valence-corrected chi connectivity index (χ3v) is 5.34. The highest BCUT2D eigenvalue weighted by Crippen LogP contribution is 2.78. The largest absolute Gasteiger partial charge is 0.0620 e. The van der Waals surface area contributed by atoms with E-state index in [-0.39, 0.29) is 0 Å². The van der Waals surface area contributed by atoms with Crippen molar-refractivity contribution in [3.05, 3.63) is 35.4 Å². The highest BCUT2D eigenvalue weighted by atomic mass is 14.7. The molecule has 0 heteroatoms. The molecule has 1 aromatic rings. The summed E-state index contributed by atoms with van der Waals surface area (Å²) in [4.78, 5) is 0. The molecule has 3 saturated carbocycles. The van der Waals surface area contributed by atoms with Gasteiger partial charge < -0.3 is 0 Å². The molecule has 1 aromatic carbocycles. The van der Waals surface area contributed by atoms with Crippen LogP contribution in [0.5, 0.6) is 0 Å². The Morgan fingerprint density at radius 3 is 1.57 bits per heavy atom. The summed E-state index contributed by atoms with van der Waals surface area (Å²) in [5, 5.41) is 0. The van der Waals surface area contributed by atoms with Crippen molar-refractivity contribution in [3.63, 3.8) is 0 Å². The van der Waals surface area contributed by atoms with Crippen LogP contribution in [0.4, 0.5) is 0 Å². The van der Waals surface area contributed by atoms with Gasteiger partial charge in [0.2, 0.25) is 0 Å². The second-order valence-electron chi connectivity index (χ2n) is 5.81. The molecular weight excluding hydrogens is 168 g/mol. The molecule has 3 fully saturated rings. The molecule has 6 rings (SSSR count). The van der Waals surface area contributed by atoms with E-state index in [4.69, 9.17) is 0 Å². The average molecular weight is 182 g/mol. The van der Waals surface area contributed by atoms with Gasteiger partial charge in [0.05, 0.1) is 0 Å². The molecule has 0 heterocycles. The zero-order valence-electron chi connectivity index (χ0n) is 8.19. The Morgan fingerprint density at radius 1 is 0.714 bits per heavy atom. The molecule has 0 saturated heterocycles. The molecule has 0 unspecified atom stereocenters. The van der Waals surface area contributed by atoms with E-state index in [0.717, 1.165) is 35.5 Å².